The highest BCUT2D eigenvalue weighted by Gasteiger charge is 2.09. The van der Waals surface area contributed by atoms with E-state index in [9.17, 15) is 9.50 Å². The maximum absolute atomic E-state index is 13.0. The molecule has 2 aromatic rings. The zero-order valence-corrected chi connectivity index (χ0v) is 11.5. The first-order valence-corrected chi connectivity index (χ1v) is 6.91. The van der Waals surface area contributed by atoms with Gasteiger partial charge in [-0.2, -0.15) is 0 Å². The maximum atomic E-state index is 13.0. The van der Waals surface area contributed by atoms with Gasteiger partial charge in [0.05, 0.1) is 9.89 Å². The second kappa shape index (κ2) is 5.76. The summed E-state index contributed by atoms with van der Waals surface area (Å²) in [7, 11) is 0. The third kappa shape index (κ3) is 3.91. The fourth-order valence-corrected chi connectivity index (χ4v) is 3.26. The summed E-state index contributed by atoms with van der Waals surface area (Å²) in [5.74, 6) is -0.256. The van der Waals surface area contributed by atoms with E-state index in [2.05, 4.69) is 15.9 Å². The second-order valence-corrected chi connectivity index (χ2v) is 6.45. The molecule has 0 radical (unpaired) electrons. The summed E-state index contributed by atoms with van der Waals surface area (Å²) in [6.07, 6.45) is 0.613. The van der Waals surface area contributed by atoms with E-state index in [-0.39, 0.29) is 5.82 Å². The minimum absolute atomic E-state index is 0.256. The first-order valence-electron chi connectivity index (χ1n) is 5.30. The average Bonchev–Trinajstić information content (AvgIpc) is 2.63. The Morgan fingerprint density at radius 2 is 2.06 bits per heavy atom. The van der Waals surface area contributed by atoms with E-state index < -0.39 is 6.10 Å². The Balaban J connectivity index is 1.95. The van der Waals surface area contributed by atoms with Crippen molar-refractivity contribution in [2.75, 3.05) is 0 Å². The highest BCUT2D eigenvalue weighted by Crippen LogP contribution is 2.23. The van der Waals surface area contributed by atoms with Crippen LogP contribution in [0.25, 0.3) is 0 Å². The van der Waals surface area contributed by atoms with Gasteiger partial charge in [-0.1, -0.05) is 12.1 Å². The number of hydrogen-bond acceptors (Lipinski definition) is 2. The molecule has 0 aliphatic heterocycles. The van der Waals surface area contributed by atoms with E-state index >= 15 is 0 Å². The topological polar surface area (TPSA) is 20.2 Å². The number of rotatable bonds is 4. The van der Waals surface area contributed by atoms with Crippen LogP contribution in [0.15, 0.2) is 40.2 Å². The first kappa shape index (κ1) is 12.7. The largest absolute Gasteiger partial charge is 0.392 e. The van der Waals surface area contributed by atoms with Gasteiger partial charge < -0.3 is 5.11 Å². The molecule has 1 atom stereocenters. The molecular formula is C13H12BrFOS. The van der Waals surface area contributed by atoms with Crippen LogP contribution in [0.2, 0.25) is 0 Å². The van der Waals surface area contributed by atoms with Crippen LogP contribution >= 0.6 is 27.3 Å². The van der Waals surface area contributed by atoms with Crippen molar-refractivity contribution < 1.29 is 9.50 Å². The second-order valence-electron chi connectivity index (χ2n) is 3.90. The van der Waals surface area contributed by atoms with Crippen molar-refractivity contribution in [2.45, 2.75) is 18.9 Å². The van der Waals surface area contributed by atoms with Crippen LogP contribution in [-0.4, -0.2) is 11.2 Å². The minimum Gasteiger partial charge on any atom is -0.392 e. The maximum Gasteiger partial charge on any atom is 0.123 e. The highest BCUT2D eigenvalue weighted by molar-refractivity contribution is 9.11. The van der Waals surface area contributed by atoms with E-state index in [0.29, 0.717) is 12.8 Å². The molecule has 4 heteroatoms. The summed E-state index contributed by atoms with van der Waals surface area (Å²) in [6.45, 7) is 0. The molecule has 2 rings (SSSR count). The lowest BCUT2D eigenvalue weighted by molar-refractivity contribution is 0.176. The van der Waals surface area contributed by atoms with Crippen molar-refractivity contribution >= 4 is 27.3 Å². The normalized spacial score (nSPS) is 12.6. The molecular weight excluding hydrogens is 303 g/mol. The fourth-order valence-electron chi connectivity index (χ4n) is 1.70. The molecule has 0 bridgehead atoms. The average molecular weight is 315 g/mol. The summed E-state index contributed by atoms with van der Waals surface area (Å²) in [4.78, 5) is 1.13. The Kier molecular flexibility index (Phi) is 4.31. The van der Waals surface area contributed by atoms with Crippen LogP contribution in [0.4, 0.5) is 4.39 Å². The van der Waals surface area contributed by atoms with Gasteiger partial charge in [0, 0.05) is 11.3 Å². The molecule has 1 aromatic carbocycles. The first-order chi connectivity index (χ1) is 8.13. The van der Waals surface area contributed by atoms with E-state index in [1.165, 1.54) is 12.1 Å². The predicted octanol–water partition coefficient (Wildman–Crippen LogP) is 3.80. The van der Waals surface area contributed by atoms with Gasteiger partial charge in [0.25, 0.3) is 0 Å². The summed E-state index contributed by atoms with van der Waals surface area (Å²) >= 11 is 5.00. The van der Waals surface area contributed by atoms with Crippen LogP contribution in [0.3, 0.4) is 0 Å². The number of aliphatic hydroxyl groups is 1. The van der Waals surface area contributed by atoms with E-state index in [4.69, 9.17) is 0 Å². The van der Waals surface area contributed by atoms with Crippen molar-refractivity contribution in [3.05, 3.63) is 56.4 Å². The van der Waals surface area contributed by atoms with Crippen LogP contribution in [0.5, 0.6) is 0 Å². The molecule has 0 aliphatic carbocycles. The molecule has 1 aromatic heterocycles. The summed E-state index contributed by atoms with van der Waals surface area (Å²) < 4.78 is 14.0. The van der Waals surface area contributed by atoms with Crippen LogP contribution in [-0.2, 0) is 12.8 Å². The Hall–Kier alpha value is -0.710. The molecule has 0 saturated heterocycles. The molecule has 90 valence electrons. The molecule has 17 heavy (non-hydrogen) atoms. The van der Waals surface area contributed by atoms with Crippen molar-refractivity contribution in [1.29, 1.82) is 0 Å². The van der Waals surface area contributed by atoms with Gasteiger partial charge >= 0.3 is 0 Å². The van der Waals surface area contributed by atoms with Crippen molar-refractivity contribution in [2.24, 2.45) is 0 Å². The SMILES string of the molecule is OC(Cc1cccc(F)c1)Cc1ccc(Br)s1. The zero-order valence-electron chi connectivity index (χ0n) is 9.07. The van der Waals surface area contributed by atoms with Crippen LogP contribution in [0.1, 0.15) is 10.4 Å². The molecule has 1 unspecified atom stereocenters. The summed E-state index contributed by atoms with van der Waals surface area (Å²) in [5, 5.41) is 9.93. The number of benzene rings is 1. The van der Waals surface area contributed by atoms with Crippen LogP contribution < -0.4 is 0 Å². The zero-order chi connectivity index (χ0) is 12.3. The quantitative estimate of drug-likeness (QED) is 0.910. The lowest BCUT2D eigenvalue weighted by Crippen LogP contribution is -2.13. The Bertz CT molecular complexity index is 498. The number of hydrogen-bond donors (Lipinski definition) is 1. The summed E-state index contributed by atoms with van der Waals surface area (Å²) in [5.41, 5.74) is 0.827. The van der Waals surface area contributed by atoms with Gasteiger partial charge in [-0.15, -0.1) is 11.3 Å². The van der Waals surface area contributed by atoms with Crippen LogP contribution in [0, 0.1) is 5.82 Å². The third-order valence-corrected chi connectivity index (χ3v) is 4.07. The molecule has 0 spiro atoms. The monoisotopic (exact) mass is 314 g/mol. The summed E-state index contributed by atoms with van der Waals surface area (Å²) in [6, 6.07) is 10.3. The van der Waals surface area contributed by atoms with Gasteiger partial charge in [-0.05, 0) is 52.2 Å². The standard InChI is InChI=1S/C13H12BrFOS/c14-13-5-4-12(17-13)8-11(16)7-9-2-1-3-10(15)6-9/h1-6,11,16H,7-8H2. The lowest BCUT2D eigenvalue weighted by atomic mass is 10.1. The molecule has 1 nitrogen and oxygen atoms in total. The van der Waals surface area contributed by atoms with Gasteiger partial charge in [-0.25, -0.2) is 4.39 Å². The Morgan fingerprint density at radius 3 is 2.71 bits per heavy atom. The van der Waals surface area contributed by atoms with Crippen molar-refractivity contribution in [3.63, 3.8) is 0 Å². The smallest absolute Gasteiger partial charge is 0.123 e. The van der Waals surface area contributed by atoms with Gasteiger partial charge in [0.15, 0.2) is 0 Å². The number of aliphatic hydroxyl groups excluding tert-OH is 1. The molecule has 0 aliphatic rings. The van der Waals surface area contributed by atoms with Gasteiger partial charge in [0.1, 0.15) is 5.82 Å². The van der Waals surface area contributed by atoms with E-state index in [1.807, 2.05) is 18.2 Å². The van der Waals surface area contributed by atoms with E-state index in [1.54, 1.807) is 17.4 Å². The third-order valence-electron chi connectivity index (χ3n) is 2.43. The molecule has 0 fully saturated rings. The Morgan fingerprint density at radius 1 is 1.24 bits per heavy atom. The minimum atomic E-state index is -0.470. The molecule has 1 N–H and O–H groups in total. The molecule has 1 heterocycles. The fraction of sp³-hybridized carbons (Fsp3) is 0.231. The molecule has 0 saturated carbocycles. The van der Waals surface area contributed by atoms with Crippen molar-refractivity contribution in [1.82, 2.24) is 0 Å². The van der Waals surface area contributed by atoms with Crippen molar-refractivity contribution in [3.8, 4) is 0 Å². The highest BCUT2D eigenvalue weighted by atomic mass is 79.9. The Labute approximate surface area is 112 Å². The van der Waals surface area contributed by atoms with E-state index in [0.717, 1.165) is 14.2 Å². The molecule has 0 amide bonds. The lowest BCUT2D eigenvalue weighted by Gasteiger charge is -2.09. The number of halogens is 2. The van der Waals surface area contributed by atoms with Gasteiger partial charge in [-0.3, -0.25) is 0 Å². The van der Waals surface area contributed by atoms with Gasteiger partial charge in [0.2, 0.25) is 0 Å². The predicted molar refractivity (Wildman–Crippen MR) is 71.8 cm³/mol. The number of thiophene rings is 1.